The summed E-state index contributed by atoms with van der Waals surface area (Å²) in [6.07, 6.45) is 0.829. The van der Waals surface area contributed by atoms with Gasteiger partial charge < -0.3 is 14.6 Å². The molecular formula is C19H16ClNO5S. The number of rotatable bonds is 7. The molecular weight excluding hydrogens is 390 g/mol. The van der Waals surface area contributed by atoms with E-state index in [9.17, 15) is 14.7 Å². The van der Waals surface area contributed by atoms with E-state index < -0.39 is 12.0 Å². The number of aliphatic hydroxyl groups is 1. The predicted octanol–water partition coefficient (Wildman–Crippen LogP) is 3.48. The maximum atomic E-state index is 11.5. The molecule has 2 aromatic carbocycles. The van der Waals surface area contributed by atoms with E-state index in [4.69, 9.17) is 21.1 Å². The van der Waals surface area contributed by atoms with Crippen LogP contribution in [0, 0.1) is 0 Å². The quantitative estimate of drug-likeness (QED) is 0.686. The van der Waals surface area contributed by atoms with Gasteiger partial charge in [-0.1, -0.05) is 23.7 Å². The fraction of sp³-hybridized carbons (Fsp3) is 0.158. The number of carbonyl (C=O) groups is 2. The Hall–Kier alpha value is -2.48. The highest BCUT2D eigenvalue weighted by Gasteiger charge is 2.24. The number of ether oxygens (including phenoxy) is 2. The summed E-state index contributed by atoms with van der Waals surface area (Å²) in [7, 11) is 0. The summed E-state index contributed by atoms with van der Waals surface area (Å²) in [6.45, 7) is 0.160. The van der Waals surface area contributed by atoms with Crippen molar-refractivity contribution in [1.29, 1.82) is 0 Å². The normalized spacial score (nSPS) is 16.3. The molecule has 1 aliphatic heterocycles. The Kier molecular flexibility index (Phi) is 6.39. The molecule has 0 radical (unpaired) electrons. The predicted molar refractivity (Wildman–Crippen MR) is 104 cm³/mol. The first-order chi connectivity index (χ1) is 13.0. The van der Waals surface area contributed by atoms with Gasteiger partial charge in [-0.3, -0.25) is 14.9 Å². The van der Waals surface area contributed by atoms with Gasteiger partial charge in [0.1, 0.15) is 30.8 Å². The number of aliphatic hydroxyl groups excluding tert-OH is 1. The number of imide groups is 1. The van der Waals surface area contributed by atoms with E-state index in [1.807, 2.05) is 0 Å². The Morgan fingerprint density at radius 1 is 1.00 bits per heavy atom. The number of hydrogen-bond acceptors (Lipinski definition) is 6. The Morgan fingerprint density at radius 3 is 2.07 bits per heavy atom. The minimum atomic E-state index is -0.799. The van der Waals surface area contributed by atoms with Crippen LogP contribution in [-0.4, -0.2) is 35.6 Å². The molecule has 8 heteroatoms. The first kappa shape index (κ1) is 19.3. The van der Waals surface area contributed by atoms with E-state index in [0.29, 0.717) is 21.4 Å². The SMILES string of the molecule is O=C1NC(=O)C(=Cc2ccc(OC[C@H](O)COc3ccc(Cl)cc3)cc2)S1. The molecule has 27 heavy (non-hydrogen) atoms. The van der Waals surface area contributed by atoms with E-state index >= 15 is 0 Å². The summed E-state index contributed by atoms with van der Waals surface area (Å²) < 4.78 is 11.0. The third-order valence-corrected chi connectivity index (χ3v) is 4.58. The van der Waals surface area contributed by atoms with Crippen molar-refractivity contribution in [2.75, 3.05) is 13.2 Å². The summed E-state index contributed by atoms with van der Waals surface area (Å²) in [5.41, 5.74) is 0.765. The van der Waals surface area contributed by atoms with Crippen molar-refractivity contribution >= 4 is 40.6 Å². The van der Waals surface area contributed by atoms with E-state index in [2.05, 4.69) is 5.32 Å². The first-order valence-electron chi connectivity index (χ1n) is 8.04. The van der Waals surface area contributed by atoms with Crippen LogP contribution < -0.4 is 14.8 Å². The Balaban J connectivity index is 1.47. The molecule has 1 aliphatic rings. The summed E-state index contributed by atoms with van der Waals surface area (Å²) in [5, 5.41) is 12.4. The highest BCUT2D eigenvalue weighted by atomic mass is 35.5. The van der Waals surface area contributed by atoms with Crippen LogP contribution in [0.5, 0.6) is 11.5 Å². The van der Waals surface area contributed by atoms with Crippen LogP contribution in [-0.2, 0) is 4.79 Å². The lowest BCUT2D eigenvalue weighted by atomic mass is 10.2. The lowest BCUT2D eigenvalue weighted by Crippen LogP contribution is -2.25. The van der Waals surface area contributed by atoms with Gasteiger partial charge in [-0.2, -0.15) is 0 Å². The topological polar surface area (TPSA) is 84.9 Å². The van der Waals surface area contributed by atoms with Crippen LogP contribution in [0.1, 0.15) is 5.56 Å². The number of hydrogen-bond donors (Lipinski definition) is 2. The third kappa shape index (κ3) is 5.75. The molecule has 0 spiro atoms. The second-order valence-electron chi connectivity index (χ2n) is 5.65. The summed E-state index contributed by atoms with van der Waals surface area (Å²) >= 11 is 6.67. The van der Waals surface area contributed by atoms with Crippen molar-refractivity contribution in [3.05, 3.63) is 64.0 Å². The average molecular weight is 406 g/mol. The van der Waals surface area contributed by atoms with Crippen LogP contribution in [0.15, 0.2) is 53.4 Å². The molecule has 0 saturated carbocycles. The van der Waals surface area contributed by atoms with Gasteiger partial charge in [-0.25, -0.2) is 0 Å². The van der Waals surface area contributed by atoms with Crippen molar-refractivity contribution in [2.45, 2.75) is 6.10 Å². The van der Waals surface area contributed by atoms with Gasteiger partial charge in [-0.05, 0) is 59.8 Å². The molecule has 2 aromatic rings. The zero-order chi connectivity index (χ0) is 19.2. The van der Waals surface area contributed by atoms with E-state index in [0.717, 1.165) is 17.3 Å². The second kappa shape index (κ2) is 8.94. The van der Waals surface area contributed by atoms with Crippen molar-refractivity contribution in [3.8, 4) is 11.5 Å². The maximum Gasteiger partial charge on any atom is 0.290 e. The van der Waals surface area contributed by atoms with E-state index in [1.165, 1.54) is 0 Å². The van der Waals surface area contributed by atoms with Gasteiger partial charge in [0.15, 0.2) is 0 Å². The molecule has 1 fully saturated rings. The molecule has 2 amide bonds. The number of benzene rings is 2. The number of amides is 2. The molecule has 1 heterocycles. The average Bonchev–Trinajstić information content (AvgIpc) is 2.97. The van der Waals surface area contributed by atoms with Crippen molar-refractivity contribution in [3.63, 3.8) is 0 Å². The zero-order valence-electron chi connectivity index (χ0n) is 14.1. The monoisotopic (exact) mass is 405 g/mol. The minimum Gasteiger partial charge on any atom is -0.491 e. The van der Waals surface area contributed by atoms with E-state index in [1.54, 1.807) is 54.6 Å². The third-order valence-electron chi connectivity index (χ3n) is 3.52. The first-order valence-corrected chi connectivity index (χ1v) is 9.23. The van der Waals surface area contributed by atoms with Crippen LogP contribution in [0.2, 0.25) is 5.02 Å². The fourth-order valence-electron chi connectivity index (χ4n) is 2.20. The summed E-state index contributed by atoms with van der Waals surface area (Å²) in [4.78, 5) is 23.0. The largest absolute Gasteiger partial charge is 0.491 e. The molecule has 6 nitrogen and oxygen atoms in total. The van der Waals surface area contributed by atoms with Gasteiger partial charge in [0.25, 0.3) is 11.1 Å². The van der Waals surface area contributed by atoms with Gasteiger partial charge in [0.05, 0.1) is 4.91 Å². The second-order valence-corrected chi connectivity index (χ2v) is 7.10. The van der Waals surface area contributed by atoms with Gasteiger partial charge >= 0.3 is 0 Å². The maximum absolute atomic E-state index is 11.5. The molecule has 1 atom stereocenters. The molecule has 0 unspecified atom stereocenters. The fourth-order valence-corrected chi connectivity index (χ4v) is 3.00. The Labute approximate surface area is 165 Å². The molecule has 2 N–H and O–H groups in total. The molecule has 0 aromatic heterocycles. The highest BCUT2D eigenvalue weighted by Crippen LogP contribution is 2.26. The molecule has 0 aliphatic carbocycles. The molecule has 140 valence electrons. The molecule has 1 saturated heterocycles. The lowest BCUT2D eigenvalue weighted by Gasteiger charge is -2.13. The number of carbonyl (C=O) groups excluding carboxylic acids is 2. The Morgan fingerprint density at radius 2 is 1.56 bits per heavy atom. The van der Waals surface area contributed by atoms with E-state index in [-0.39, 0.29) is 18.5 Å². The number of thioether (sulfide) groups is 1. The Bertz CT molecular complexity index is 851. The molecule has 3 rings (SSSR count). The smallest absolute Gasteiger partial charge is 0.290 e. The van der Waals surface area contributed by atoms with Crippen molar-refractivity contribution in [2.24, 2.45) is 0 Å². The summed E-state index contributed by atoms with van der Waals surface area (Å²) in [6, 6.07) is 13.8. The van der Waals surface area contributed by atoms with Crippen molar-refractivity contribution < 1.29 is 24.2 Å². The van der Waals surface area contributed by atoms with Crippen LogP contribution >= 0.6 is 23.4 Å². The highest BCUT2D eigenvalue weighted by molar-refractivity contribution is 8.18. The minimum absolute atomic E-state index is 0.0702. The number of halogens is 1. The molecule has 0 bridgehead atoms. The number of nitrogens with one attached hydrogen (secondary N) is 1. The standard InChI is InChI=1S/C19H16ClNO5S/c20-13-3-7-16(8-4-13)26-11-14(22)10-25-15-5-1-12(2-6-15)9-17-18(23)21-19(24)27-17/h1-9,14,22H,10-11H2,(H,21,23,24)/t14-/m0/s1. The van der Waals surface area contributed by atoms with Gasteiger partial charge in [0, 0.05) is 5.02 Å². The summed E-state index contributed by atoms with van der Waals surface area (Å²) in [5.74, 6) is 0.791. The zero-order valence-corrected chi connectivity index (χ0v) is 15.6. The van der Waals surface area contributed by atoms with Crippen molar-refractivity contribution in [1.82, 2.24) is 5.32 Å². The van der Waals surface area contributed by atoms with Crippen LogP contribution in [0.25, 0.3) is 6.08 Å². The van der Waals surface area contributed by atoms with Crippen LogP contribution in [0.3, 0.4) is 0 Å². The van der Waals surface area contributed by atoms with Gasteiger partial charge in [-0.15, -0.1) is 0 Å². The van der Waals surface area contributed by atoms with Crippen LogP contribution in [0.4, 0.5) is 4.79 Å². The lowest BCUT2D eigenvalue weighted by molar-refractivity contribution is -0.115. The van der Waals surface area contributed by atoms with Gasteiger partial charge in [0.2, 0.25) is 0 Å².